The first-order valence-electron chi connectivity index (χ1n) is 10.7. The molecule has 3 aromatic rings. The first-order valence-corrected chi connectivity index (χ1v) is 10.7. The number of amides is 1. The molecular weight excluding hydrogens is 392 g/mol. The molecule has 1 aliphatic heterocycles. The van der Waals surface area contributed by atoms with Crippen LogP contribution in [0.25, 0.3) is 10.9 Å². The molecule has 1 amide bonds. The summed E-state index contributed by atoms with van der Waals surface area (Å²) in [4.78, 5) is 32.1. The van der Waals surface area contributed by atoms with Crippen molar-refractivity contribution in [1.29, 1.82) is 0 Å². The summed E-state index contributed by atoms with van der Waals surface area (Å²) in [5, 5.41) is 3.54. The van der Waals surface area contributed by atoms with E-state index in [9.17, 15) is 9.59 Å². The molecule has 1 fully saturated rings. The maximum absolute atomic E-state index is 12.7. The summed E-state index contributed by atoms with van der Waals surface area (Å²) in [5.41, 5.74) is 1.49. The van der Waals surface area contributed by atoms with E-state index in [4.69, 9.17) is 4.74 Å². The predicted octanol–water partition coefficient (Wildman–Crippen LogP) is 2.75. The maximum atomic E-state index is 12.7. The number of rotatable bonds is 7. The van der Waals surface area contributed by atoms with Crippen LogP contribution in [-0.4, -0.2) is 47.1 Å². The van der Waals surface area contributed by atoms with Gasteiger partial charge in [0.2, 0.25) is 5.91 Å². The Morgan fingerprint density at radius 3 is 2.65 bits per heavy atom. The van der Waals surface area contributed by atoms with Crippen LogP contribution in [-0.2, 0) is 11.3 Å². The number of aromatic nitrogens is 2. The second-order valence-electron chi connectivity index (χ2n) is 7.85. The van der Waals surface area contributed by atoms with Gasteiger partial charge in [0, 0.05) is 12.1 Å². The van der Waals surface area contributed by atoms with Crippen molar-refractivity contribution in [2.24, 2.45) is 0 Å². The Morgan fingerprint density at radius 1 is 1.10 bits per heavy atom. The van der Waals surface area contributed by atoms with Gasteiger partial charge in [0.15, 0.2) is 0 Å². The molecule has 1 atom stereocenters. The molecule has 0 bridgehead atoms. The third-order valence-electron chi connectivity index (χ3n) is 5.87. The van der Waals surface area contributed by atoms with Crippen molar-refractivity contribution in [2.75, 3.05) is 26.7 Å². The highest BCUT2D eigenvalue weighted by molar-refractivity contribution is 5.78. The largest absolute Gasteiger partial charge is 0.496 e. The Balaban J connectivity index is 1.50. The summed E-state index contributed by atoms with van der Waals surface area (Å²) < 4.78 is 6.94. The lowest BCUT2D eigenvalue weighted by molar-refractivity contribution is -0.122. The van der Waals surface area contributed by atoms with E-state index in [-0.39, 0.29) is 24.1 Å². The monoisotopic (exact) mass is 420 g/mol. The van der Waals surface area contributed by atoms with Gasteiger partial charge in [-0.1, -0.05) is 36.8 Å². The molecule has 1 N–H and O–H groups in total. The number of para-hydroxylation sites is 2. The molecule has 0 aliphatic carbocycles. The average Bonchev–Trinajstić information content (AvgIpc) is 2.82. The third kappa shape index (κ3) is 4.77. The molecule has 7 heteroatoms. The SMILES string of the molecule is COc1ccccc1C(CNC(=O)Cn1cnc2ccccc2c1=O)N1CCCCC1. The standard InChI is InChI=1S/C24H28N4O3/c1-31-22-12-6-4-10-19(22)21(27-13-7-2-8-14-27)15-25-23(29)16-28-17-26-20-11-5-3-9-18(20)24(28)30/h3-6,9-12,17,21H,2,7-8,13-16H2,1H3,(H,25,29). The highest BCUT2D eigenvalue weighted by atomic mass is 16.5. The molecule has 31 heavy (non-hydrogen) atoms. The fourth-order valence-electron chi connectivity index (χ4n) is 4.25. The van der Waals surface area contributed by atoms with Gasteiger partial charge in [0.1, 0.15) is 12.3 Å². The number of carbonyl (C=O) groups is 1. The van der Waals surface area contributed by atoms with Gasteiger partial charge in [-0.15, -0.1) is 0 Å². The number of likely N-dealkylation sites (tertiary alicyclic amines) is 1. The second kappa shape index (κ2) is 9.75. The number of nitrogens with one attached hydrogen (secondary N) is 1. The van der Waals surface area contributed by atoms with Crippen LogP contribution in [0, 0.1) is 0 Å². The van der Waals surface area contributed by atoms with Crippen LogP contribution in [0.3, 0.4) is 0 Å². The van der Waals surface area contributed by atoms with Crippen molar-refractivity contribution >= 4 is 16.8 Å². The van der Waals surface area contributed by atoms with Gasteiger partial charge in [0.05, 0.1) is 30.4 Å². The van der Waals surface area contributed by atoms with Crippen LogP contribution in [0.1, 0.15) is 30.9 Å². The van der Waals surface area contributed by atoms with Gasteiger partial charge in [0.25, 0.3) is 5.56 Å². The summed E-state index contributed by atoms with van der Waals surface area (Å²) >= 11 is 0. The molecule has 4 rings (SSSR count). The topological polar surface area (TPSA) is 76.5 Å². The summed E-state index contributed by atoms with van der Waals surface area (Å²) in [5.74, 6) is 0.610. The summed E-state index contributed by atoms with van der Waals surface area (Å²) in [6.45, 7) is 2.38. The summed E-state index contributed by atoms with van der Waals surface area (Å²) in [6, 6.07) is 15.1. The van der Waals surface area contributed by atoms with E-state index in [0.29, 0.717) is 17.4 Å². The van der Waals surface area contributed by atoms with Gasteiger partial charge in [-0.2, -0.15) is 0 Å². The molecule has 2 aromatic carbocycles. The van der Waals surface area contributed by atoms with Crippen LogP contribution < -0.4 is 15.6 Å². The van der Waals surface area contributed by atoms with E-state index >= 15 is 0 Å². The zero-order valence-electron chi connectivity index (χ0n) is 17.8. The lowest BCUT2D eigenvalue weighted by atomic mass is 10.0. The van der Waals surface area contributed by atoms with Crippen LogP contribution in [0.15, 0.2) is 59.7 Å². The Hall–Kier alpha value is -3.19. The second-order valence-corrected chi connectivity index (χ2v) is 7.85. The lowest BCUT2D eigenvalue weighted by Gasteiger charge is -2.35. The Labute approximate surface area is 181 Å². The molecule has 0 saturated carbocycles. The minimum Gasteiger partial charge on any atom is -0.496 e. The van der Waals surface area contributed by atoms with Crippen molar-refractivity contribution in [3.63, 3.8) is 0 Å². The fourth-order valence-corrected chi connectivity index (χ4v) is 4.25. The number of nitrogens with zero attached hydrogens (tertiary/aromatic N) is 3. The van der Waals surface area contributed by atoms with Gasteiger partial charge in [-0.3, -0.25) is 19.1 Å². The smallest absolute Gasteiger partial charge is 0.261 e. The highest BCUT2D eigenvalue weighted by Gasteiger charge is 2.25. The predicted molar refractivity (Wildman–Crippen MR) is 120 cm³/mol. The Morgan fingerprint density at radius 2 is 1.84 bits per heavy atom. The number of fused-ring (bicyclic) bond motifs is 1. The quantitative estimate of drug-likeness (QED) is 0.636. The minimum atomic E-state index is -0.212. The molecule has 1 aromatic heterocycles. The van der Waals surface area contributed by atoms with E-state index in [1.807, 2.05) is 24.3 Å². The Kier molecular flexibility index (Phi) is 6.62. The number of carbonyl (C=O) groups excluding carboxylic acids is 1. The molecule has 1 unspecified atom stereocenters. The van der Waals surface area contributed by atoms with Gasteiger partial charge in [-0.25, -0.2) is 4.98 Å². The van der Waals surface area contributed by atoms with E-state index in [0.717, 1.165) is 37.2 Å². The van der Waals surface area contributed by atoms with Crippen molar-refractivity contribution < 1.29 is 9.53 Å². The molecule has 162 valence electrons. The average molecular weight is 421 g/mol. The summed E-state index contributed by atoms with van der Waals surface area (Å²) in [7, 11) is 1.67. The van der Waals surface area contributed by atoms with E-state index in [2.05, 4.69) is 21.3 Å². The Bertz CT molecular complexity index is 1110. The maximum Gasteiger partial charge on any atom is 0.261 e. The first kappa shape index (κ1) is 21.1. The molecule has 0 radical (unpaired) electrons. The number of piperidine rings is 1. The third-order valence-corrected chi connectivity index (χ3v) is 5.87. The number of hydrogen-bond acceptors (Lipinski definition) is 5. The van der Waals surface area contributed by atoms with Crippen molar-refractivity contribution in [3.8, 4) is 5.75 Å². The zero-order valence-corrected chi connectivity index (χ0v) is 17.8. The molecule has 1 saturated heterocycles. The number of ether oxygens (including phenoxy) is 1. The van der Waals surface area contributed by atoms with Crippen LogP contribution >= 0.6 is 0 Å². The normalized spacial score (nSPS) is 15.5. The van der Waals surface area contributed by atoms with Gasteiger partial charge < -0.3 is 10.1 Å². The van der Waals surface area contributed by atoms with Crippen LogP contribution in [0.5, 0.6) is 5.75 Å². The molecule has 2 heterocycles. The molecular formula is C24H28N4O3. The number of methoxy groups -OCH3 is 1. The first-order chi connectivity index (χ1) is 15.2. The number of hydrogen-bond donors (Lipinski definition) is 1. The van der Waals surface area contributed by atoms with E-state index < -0.39 is 0 Å². The van der Waals surface area contributed by atoms with E-state index in [1.165, 1.54) is 17.3 Å². The molecule has 1 aliphatic rings. The van der Waals surface area contributed by atoms with E-state index in [1.54, 1.807) is 25.3 Å². The van der Waals surface area contributed by atoms with Crippen LogP contribution in [0.4, 0.5) is 0 Å². The van der Waals surface area contributed by atoms with Crippen molar-refractivity contribution in [3.05, 3.63) is 70.8 Å². The minimum absolute atomic E-state index is 0.0202. The summed E-state index contributed by atoms with van der Waals surface area (Å²) in [6.07, 6.45) is 4.97. The van der Waals surface area contributed by atoms with Gasteiger partial charge in [-0.05, 0) is 44.1 Å². The van der Waals surface area contributed by atoms with Crippen molar-refractivity contribution in [2.45, 2.75) is 31.8 Å². The van der Waals surface area contributed by atoms with Gasteiger partial charge >= 0.3 is 0 Å². The van der Waals surface area contributed by atoms with Crippen LogP contribution in [0.2, 0.25) is 0 Å². The molecule has 7 nitrogen and oxygen atoms in total. The van der Waals surface area contributed by atoms with Crippen molar-refractivity contribution in [1.82, 2.24) is 19.8 Å². The zero-order chi connectivity index (χ0) is 21.6. The molecule has 0 spiro atoms. The highest BCUT2D eigenvalue weighted by Crippen LogP contribution is 2.30. The number of benzene rings is 2. The lowest BCUT2D eigenvalue weighted by Crippen LogP contribution is -2.42. The fraction of sp³-hybridized carbons (Fsp3) is 0.375.